The van der Waals surface area contributed by atoms with Crippen molar-refractivity contribution in [3.05, 3.63) is 64.7 Å². The maximum absolute atomic E-state index is 13.5. The smallest absolute Gasteiger partial charge is 0.132 e. The second-order valence-corrected chi connectivity index (χ2v) is 4.73. The highest BCUT2D eigenvalue weighted by Gasteiger charge is 2.08. The van der Waals surface area contributed by atoms with Crippen molar-refractivity contribution in [3.8, 4) is 5.75 Å². The maximum Gasteiger partial charge on any atom is 0.132 e. The molecule has 0 fully saturated rings. The van der Waals surface area contributed by atoms with E-state index in [0.717, 1.165) is 17.2 Å². The van der Waals surface area contributed by atoms with E-state index in [-0.39, 0.29) is 6.61 Å². The van der Waals surface area contributed by atoms with E-state index < -0.39 is 17.7 Å². The van der Waals surface area contributed by atoms with E-state index in [1.54, 1.807) is 19.1 Å². The molecule has 0 aliphatic rings. The molecule has 0 saturated heterocycles. The monoisotopic (exact) mass is 278 g/mol. The Hall–Kier alpha value is -1.94. The van der Waals surface area contributed by atoms with Gasteiger partial charge in [-0.15, -0.1) is 0 Å². The summed E-state index contributed by atoms with van der Waals surface area (Å²) in [5.74, 6) is -0.620. The lowest BCUT2D eigenvalue weighted by molar-refractivity contribution is 0.199. The van der Waals surface area contributed by atoms with E-state index in [1.807, 2.05) is 13.0 Å². The van der Waals surface area contributed by atoms with Crippen molar-refractivity contribution < 1.29 is 18.6 Å². The number of halogens is 2. The second-order valence-electron chi connectivity index (χ2n) is 4.73. The first-order valence-corrected chi connectivity index (χ1v) is 6.32. The molecule has 2 nitrogen and oxygen atoms in total. The summed E-state index contributed by atoms with van der Waals surface area (Å²) in [7, 11) is 0. The number of aryl methyl sites for hydroxylation is 1. The van der Waals surface area contributed by atoms with Gasteiger partial charge in [-0.25, -0.2) is 8.78 Å². The van der Waals surface area contributed by atoms with Crippen LogP contribution in [0.4, 0.5) is 8.78 Å². The number of ether oxygens (including phenoxy) is 1. The summed E-state index contributed by atoms with van der Waals surface area (Å²) in [4.78, 5) is 0. The Morgan fingerprint density at radius 1 is 1.15 bits per heavy atom. The van der Waals surface area contributed by atoms with E-state index in [4.69, 9.17) is 4.74 Å². The van der Waals surface area contributed by atoms with Crippen LogP contribution in [0.25, 0.3) is 0 Å². The Labute approximate surface area is 116 Å². The zero-order valence-corrected chi connectivity index (χ0v) is 11.4. The van der Waals surface area contributed by atoms with Gasteiger partial charge in [-0.1, -0.05) is 6.07 Å². The van der Waals surface area contributed by atoms with Crippen molar-refractivity contribution in [1.82, 2.24) is 0 Å². The molecule has 2 aromatic carbocycles. The first-order chi connectivity index (χ1) is 9.47. The lowest BCUT2D eigenvalue weighted by atomic mass is 10.1. The van der Waals surface area contributed by atoms with Crippen molar-refractivity contribution in [1.29, 1.82) is 0 Å². The molecule has 0 bridgehead atoms. The molecule has 2 rings (SSSR count). The van der Waals surface area contributed by atoms with Crippen LogP contribution in [0.2, 0.25) is 0 Å². The van der Waals surface area contributed by atoms with Crippen LogP contribution in [0, 0.1) is 18.6 Å². The van der Waals surface area contributed by atoms with Crippen LogP contribution in [-0.4, -0.2) is 5.11 Å². The third-order valence-electron chi connectivity index (χ3n) is 3.08. The van der Waals surface area contributed by atoms with Crippen LogP contribution in [0.3, 0.4) is 0 Å². The fourth-order valence-electron chi connectivity index (χ4n) is 1.89. The molecule has 20 heavy (non-hydrogen) atoms. The van der Waals surface area contributed by atoms with Crippen LogP contribution in [0.5, 0.6) is 5.75 Å². The molecule has 0 unspecified atom stereocenters. The quantitative estimate of drug-likeness (QED) is 0.919. The van der Waals surface area contributed by atoms with Crippen molar-refractivity contribution in [3.63, 3.8) is 0 Å². The topological polar surface area (TPSA) is 29.5 Å². The molecular weight excluding hydrogens is 262 g/mol. The number of aliphatic hydroxyl groups excluding tert-OH is 1. The predicted octanol–water partition coefficient (Wildman–Crippen LogP) is 3.91. The third kappa shape index (κ3) is 3.33. The Bertz CT molecular complexity index is 609. The summed E-state index contributed by atoms with van der Waals surface area (Å²) in [5, 5.41) is 9.48. The van der Waals surface area contributed by atoms with Crippen molar-refractivity contribution in [2.75, 3.05) is 0 Å². The summed E-state index contributed by atoms with van der Waals surface area (Å²) < 4.78 is 31.8. The molecule has 1 N–H and O–H groups in total. The first kappa shape index (κ1) is 14.5. The highest BCUT2D eigenvalue weighted by Crippen LogP contribution is 2.24. The van der Waals surface area contributed by atoms with Gasteiger partial charge in [0.1, 0.15) is 24.0 Å². The molecule has 0 radical (unpaired) electrons. The predicted molar refractivity (Wildman–Crippen MR) is 72.5 cm³/mol. The average molecular weight is 278 g/mol. The lowest BCUT2D eigenvalue weighted by Gasteiger charge is -2.12. The molecule has 0 saturated carbocycles. The molecule has 1 atom stereocenters. The van der Waals surface area contributed by atoms with Crippen LogP contribution in [0.15, 0.2) is 36.4 Å². The standard InChI is InChI=1S/C16H16F2O2/c1-10-7-12(11(2)19)4-6-16(10)20-9-13-3-5-14(17)8-15(13)18/h3-8,11,19H,9H2,1-2H3/t11-/m0/s1. The molecule has 0 amide bonds. The van der Waals surface area contributed by atoms with Gasteiger partial charge < -0.3 is 9.84 Å². The maximum atomic E-state index is 13.5. The Morgan fingerprint density at radius 2 is 1.90 bits per heavy atom. The number of hydrogen-bond donors (Lipinski definition) is 1. The molecule has 106 valence electrons. The Balaban J connectivity index is 2.11. The van der Waals surface area contributed by atoms with Crippen molar-refractivity contribution in [2.45, 2.75) is 26.6 Å². The van der Waals surface area contributed by atoms with Crippen LogP contribution < -0.4 is 4.74 Å². The summed E-state index contributed by atoms with van der Waals surface area (Å²) in [6.45, 7) is 3.56. The molecule has 2 aromatic rings. The lowest BCUT2D eigenvalue weighted by Crippen LogP contribution is -2.01. The molecular formula is C16H16F2O2. The minimum atomic E-state index is -0.622. The molecule has 0 heterocycles. The van der Waals surface area contributed by atoms with Gasteiger partial charge in [0.2, 0.25) is 0 Å². The van der Waals surface area contributed by atoms with E-state index in [1.165, 1.54) is 12.1 Å². The van der Waals surface area contributed by atoms with Crippen molar-refractivity contribution >= 4 is 0 Å². The summed E-state index contributed by atoms with van der Waals surface area (Å²) in [5.41, 5.74) is 1.94. The van der Waals surface area contributed by atoms with Crippen molar-refractivity contribution in [2.24, 2.45) is 0 Å². The summed E-state index contributed by atoms with van der Waals surface area (Å²) in [6.07, 6.45) is -0.544. The number of hydrogen-bond acceptors (Lipinski definition) is 2. The Morgan fingerprint density at radius 3 is 2.50 bits per heavy atom. The van der Waals surface area contributed by atoms with Crippen LogP contribution in [0.1, 0.15) is 29.7 Å². The average Bonchev–Trinajstić information content (AvgIpc) is 2.38. The normalized spacial score (nSPS) is 12.2. The number of rotatable bonds is 4. The summed E-state index contributed by atoms with van der Waals surface area (Å²) in [6, 6.07) is 8.71. The zero-order valence-electron chi connectivity index (χ0n) is 11.4. The largest absolute Gasteiger partial charge is 0.489 e. The molecule has 0 spiro atoms. The third-order valence-corrected chi connectivity index (χ3v) is 3.08. The zero-order chi connectivity index (χ0) is 14.7. The van der Waals surface area contributed by atoms with Gasteiger partial charge in [-0.2, -0.15) is 0 Å². The minimum absolute atomic E-state index is 0.0287. The van der Waals surface area contributed by atoms with Gasteiger partial charge in [0.15, 0.2) is 0 Å². The van der Waals surface area contributed by atoms with Gasteiger partial charge in [0.05, 0.1) is 6.10 Å². The SMILES string of the molecule is Cc1cc([C@H](C)O)ccc1OCc1ccc(F)cc1F. The molecule has 0 aromatic heterocycles. The van der Waals surface area contributed by atoms with Gasteiger partial charge >= 0.3 is 0 Å². The van der Waals surface area contributed by atoms with Crippen LogP contribution >= 0.6 is 0 Å². The fraction of sp³-hybridized carbons (Fsp3) is 0.250. The Kier molecular flexibility index (Phi) is 4.35. The van der Waals surface area contributed by atoms with E-state index in [0.29, 0.717) is 11.3 Å². The van der Waals surface area contributed by atoms with Gasteiger partial charge in [-0.05, 0) is 49.2 Å². The van der Waals surface area contributed by atoms with E-state index in [2.05, 4.69) is 0 Å². The van der Waals surface area contributed by atoms with E-state index in [9.17, 15) is 13.9 Å². The fourth-order valence-corrected chi connectivity index (χ4v) is 1.89. The highest BCUT2D eigenvalue weighted by atomic mass is 19.1. The second kappa shape index (κ2) is 6.01. The van der Waals surface area contributed by atoms with Gasteiger partial charge in [0, 0.05) is 11.6 Å². The molecule has 0 aliphatic carbocycles. The van der Waals surface area contributed by atoms with E-state index >= 15 is 0 Å². The highest BCUT2D eigenvalue weighted by molar-refractivity contribution is 5.37. The summed E-state index contributed by atoms with van der Waals surface area (Å²) >= 11 is 0. The van der Waals surface area contributed by atoms with Gasteiger partial charge in [-0.3, -0.25) is 0 Å². The number of benzene rings is 2. The minimum Gasteiger partial charge on any atom is -0.489 e. The van der Waals surface area contributed by atoms with Crippen LogP contribution in [-0.2, 0) is 6.61 Å². The van der Waals surface area contributed by atoms with Gasteiger partial charge in [0.25, 0.3) is 0 Å². The number of aliphatic hydroxyl groups is 1. The molecule has 4 heteroatoms. The first-order valence-electron chi connectivity index (χ1n) is 6.32. The molecule has 0 aliphatic heterocycles.